The summed E-state index contributed by atoms with van der Waals surface area (Å²) in [6, 6.07) is 8.11. The highest BCUT2D eigenvalue weighted by atomic mass is 19.1. The molecule has 1 aliphatic heterocycles. The van der Waals surface area contributed by atoms with Gasteiger partial charge in [-0.15, -0.1) is 0 Å². The Morgan fingerprint density at radius 3 is 2.96 bits per heavy atom. The van der Waals surface area contributed by atoms with Crippen molar-refractivity contribution in [3.8, 4) is 0 Å². The van der Waals surface area contributed by atoms with Crippen molar-refractivity contribution in [2.45, 2.75) is 13.3 Å². The Labute approximate surface area is 148 Å². The maximum absolute atomic E-state index is 14.2. The average Bonchev–Trinajstić information content (AvgIpc) is 3.21. The number of hydrogen-bond acceptors (Lipinski definition) is 4. The van der Waals surface area contributed by atoms with Gasteiger partial charge in [0.2, 0.25) is 11.8 Å². The zero-order valence-electron chi connectivity index (χ0n) is 14.0. The fraction of sp³-hybridized carbons (Fsp3) is 0.222. The van der Waals surface area contributed by atoms with E-state index in [1.54, 1.807) is 24.4 Å². The highest BCUT2D eigenvalue weighted by molar-refractivity contribution is 6.06. The lowest BCUT2D eigenvalue weighted by Crippen LogP contribution is -2.28. The molecule has 132 valence electrons. The smallest absolute Gasteiger partial charge is 0.230 e. The maximum Gasteiger partial charge on any atom is 0.230 e. The van der Waals surface area contributed by atoms with Crippen molar-refractivity contribution >= 4 is 34.4 Å². The second kappa shape index (κ2) is 6.21. The van der Waals surface area contributed by atoms with Crippen LogP contribution in [0.4, 0.5) is 16.0 Å². The molecular formula is C18H16FN5O2. The number of nitrogens with one attached hydrogen (secondary N) is 2. The van der Waals surface area contributed by atoms with Gasteiger partial charge in [0.25, 0.3) is 0 Å². The number of rotatable bonds is 3. The Morgan fingerprint density at radius 1 is 1.35 bits per heavy atom. The predicted molar refractivity (Wildman–Crippen MR) is 94.1 cm³/mol. The molecule has 1 saturated heterocycles. The molecule has 7 nitrogen and oxygen atoms in total. The molecule has 2 amide bonds. The van der Waals surface area contributed by atoms with Gasteiger partial charge in [0, 0.05) is 19.2 Å². The van der Waals surface area contributed by atoms with Gasteiger partial charge in [-0.25, -0.2) is 9.37 Å². The first-order valence-corrected chi connectivity index (χ1v) is 8.19. The van der Waals surface area contributed by atoms with Crippen molar-refractivity contribution in [2.24, 2.45) is 5.92 Å². The second-order valence-corrected chi connectivity index (χ2v) is 6.33. The summed E-state index contributed by atoms with van der Waals surface area (Å²) in [5, 5.41) is 9.76. The predicted octanol–water partition coefficient (Wildman–Crippen LogP) is 2.40. The van der Waals surface area contributed by atoms with E-state index in [1.165, 1.54) is 11.0 Å². The SMILES string of the molecule is Cc1ccc(NC(=O)[C@@H]2CC(=O)N(c3n[nH]c4cccc(F)c34)C2)nc1. The van der Waals surface area contributed by atoms with E-state index in [-0.39, 0.29) is 36.0 Å². The number of aromatic nitrogens is 3. The van der Waals surface area contributed by atoms with Crippen molar-refractivity contribution < 1.29 is 14.0 Å². The molecular weight excluding hydrogens is 337 g/mol. The van der Waals surface area contributed by atoms with Gasteiger partial charge in [-0.1, -0.05) is 12.1 Å². The Kier molecular flexibility index (Phi) is 3.87. The third kappa shape index (κ3) is 2.79. The first-order chi connectivity index (χ1) is 12.5. The summed E-state index contributed by atoms with van der Waals surface area (Å²) in [5.41, 5.74) is 1.49. The van der Waals surface area contributed by atoms with Gasteiger partial charge in [0.05, 0.1) is 16.8 Å². The molecule has 4 rings (SSSR count). The number of H-pyrrole nitrogens is 1. The van der Waals surface area contributed by atoms with Crippen LogP contribution in [0, 0.1) is 18.7 Å². The molecule has 2 aromatic heterocycles. The Hall–Kier alpha value is -3.29. The fourth-order valence-corrected chi connectivity index (χ4v) is 3.07. The first kappa shape index (κ1) is 16.2. The van der Waals surface area contributed by atoms with Gasteiger partial charge >= 0.3 is 0 Å². The number of aromatic amines is 1. The van der Waals surface area contributed by atoms with E-state index < -0.39 is 11.7 Å². The van der Waals surface area contributed by atoms with Crippen LogP contribution < -0.4 is 10.2 Å². The summed E-state index contributed by atoms with van der Waals surface area (Å²) in [6.45, 7) is 2.05. The summed E-state index contributed by atoms with van der Waals surface area (Å²) < 4.78 is 14.2. The highest BCUT2D eigenvalue weighted by Gasteiger charge is 2.37. The van der Waals surface area contributed by atoms with E-state index >= 15 is 0 Å². The van der Waals surface area contributed by atoms with Gasteiger partial charge in [-0.05, 0) is 30.7 Å². The number of anilines is 2. The van der Waals surface area contributed by atoms with Gasteiger partial charge in [0.1, 0.15) is 11.6 Å². The van der Waals surface area contributed by atoms with Crippen LogP contribution in [-0.2, 0) is 9.59 Å². The average molecular weight is 353 g/mol. The minimum atomic E-state index is -0.552. The molecule has 0 bridgehead atoms. The summed E-state index contributed by atoms with van der Waals surface area (Å²) in [4.78, 5) is 30.3. The third-order valence-corrected chi connectivity index (χ3v) is 4.43. The minimum Gasteiger partial charge on any atom is -0.310 e. The van der Waals surface area contributed by atoms with E-state index in [0.717, 1.165) is 5.56 Å². The van der Waals surface area contributed by atoms with Crippen molar-refractivity contribution in [2.75, 3.05) is 16.8 Å². The quantitative estimate of drug-likeness (QED) is 0.756. The molecule has 0 unspecified atom stereocenters. The standard InChI is InChI=1S/C18H16FN5O2/c1-10-5-6-14(20-8-10)21-18(26)11-7-15(25)24(9-11)17-16-12(19)3-2-4-13(16)22-23-17/h2-6,8,11H,7,9H2,1H3,(H,22,23)(H,20,21,26)/t11-/m1/s1. The van der Waals surface area contributed by atoms with Gasteiger partial charge in [0.15, 0.2) is 5.82 Å². The molecule has 1 atom stereocenters. The summed E-state index contributed by atoms with van der Waals surface area (Å²) in [5.74, 6) is -0.925. The van der Waals surface area contributed by atoms with E-state index in [9.17, 15) is 14.0 Å². The lowest BCUT2D eigenvalue weighted by molar-refractivity contribution is -0.122. The molecule has 0 radical (unpaired) electrons. The molecule has 26 heavy (non-hydrogen) atoms. The fourth-order valence-electron chi connectivity index (χ4n) is 3.07. The number of nitrogens with zero attached hydrogens (tertiary/aromatic N) is 3. The lowest BCUT2D eigenvalue weighted by atomic mass is 10.1. The number of hydrogen-bond donors (Lipinski definition) is 2. The summed E-state index contributed by atoms with van der Waals surface area (Å²) >= 11 is 0. The monoisotopic (exact) mass is 353 g/mol. The van der Waals surface area contributed by atoms with Crippen LogP contribution >= 0.6 is 0 Å². The summed E-state index contributed by atoms with van der Waals surface area (Å²) in [6.07, 6.45) is 1.70. The van der Waals surface area contributed by atoms with Crippen molar-refractivity contribution in [1.29, 1.82) is 0 Å². The van der Waals surface area contributed by atoms with Gasteiger partial charge < -0.3 is 5.32 Å². The molecule has 1 aromatic carbocycles. The first-order valence-electron chi connectivity index (χ1n) is 8.19. The second-order valence-electron chi connectivity index (χ2n) is 6.33. The molecule has 0 aliphatic carbocycles. The zero-order chi connectivity index (χ0) is 18.3. The molecule has 3 heterocycles. The van der Waals surface area contributed by atoms with Crippen molar-refractivity contribution in [1.82, 2.24) is 15.2 Å². The van der Waals surface area contributed by atoms with Crippen LogP contribution in [0.15, 0.2) is 36.5 Å². The Balaban J connectivity index is 1.54. The van der Waals surface area contributed by atoms with Gasteiger partial charge in [-0.3, -0.25) is 19.6 Å². The van der Waals surface area contributed by atoms with Crippen LogP contribution in [0.3, 0.4) is 0 Å². The highest BCUT2D eigenvalue weighted by Crippen LogP contribution is 2.31. The van der Waals surface area contributed by atoms with Crippen LogP contribution in [0.25, 0.3) is 10.9 Å². The number of amides is 2. The molecule has 1 fully saturated rings. The number of carbonyl (C=O) groups is 2. The summed E-state index contributed by atoms with van der Waals surface area (Å²) in [7, 11) is 0. The van der Waals surface area contributed by atoms with Crippen molar-refractivity contribution in [3.05, 3.63) is 47.9 Å². The lowest BCUT2D eigenvalue weighted by Gasteiger charge is -2.14. The zero-order valence-corrected chi connectivity index (χ0v) is 14.0. The van der Waals surface area contributed by atoms with E-state index in [1.807, 2.05) is 13.0 Å². The largest absolute Gasteiger partial charge is 0.310 e. The number of pyridine rings is 1. The molecule has 1 aliphatic rings. The molecule has 0 saturated carbocycles. The normalized spacial score (nSPS) is 17.1. The van der Waals surface area contributed by atoms with Crippen LogP contribution in [0.5, 0.6) is 0 Å². The number of carbonyl (C=O) groups excluding carboxylic acids is 2. The van der Waals surface area contributed by atoms with Crippen LogP contribution in [0.1, 0.15) is 12.0 Å². The van der Waals surface area contributed by atoms with E-state index in [2.05, 4.69) is 20.5 Å². The van der Waals surface area contributed by atoms with Gasteiger partial charge in [-0.2, -0.15) is 5.10 Å². The van der Waals surface area contributed by atoms with E-state index in [4.69, 9.17) is 0 Å². The molecule has 0 spiro atoms. The van der Waals surface area contributed by atoms with Crippen LogP contribution in [-0.4, -0.2) is 33.5 Å². The number of fused-ring (bicyclic) bond motifs is 1. The molecule has 3 aromatic rings. The van der Waals surface area contributed by atoms with E-state index in [0.29, 0.717) is 11.3 Å². The maximum atomic E-state index is 14.2. The number of benzene rings is 1. The molecule has 2 N–H and O–H groups in total. The Morgan fingerprint density at radius 2 is 2.19 bits per heavy atom. The minimum absolute atomic E-state index is 0.0422. The number of aryl methyl sites for hydroxylation is 1. The number of halogens is 1. The van der Waals surface area contributed by atoms with Crippen LogP contribution in [0.2, 0.25) is 0 Å². The topological polar surface area (TPSA) is 91.0 Å². The third-order valence-electron chi connectivity index (χ3n) is 4.43. The van der Waals surface area contributed by atoms with Crippen molar-refractivity contribution in [3.63, 3.8) is 0 Å². The Bertz CT molecular complexity index is 998. The molecule has 8 heteroatoms.